The average molecular weight is 439 g/mol. The van der Waals surface area contributed by atoms with Crippen LogP contribution in [0, 0.1) is 11.3 Å². The smallest absolute Gasteiger partial charge is 0.191 e. The zero-order valence-corrected chi connectivity index (χ0v) is 17.6. The first-order valence-corrected chi connectivity index (χ1v) is 8.60. The van der Waals surface area contributed by atoms with Crippen molar-refractivity contribution >= 4 is 29.9 Å². The van der Waals surface area contributed by atoms with Crippen LogP contribution in [0.5, 0.6) is 0 Å². The summed E-state index contributed by atoms with van der Waals surface area (Å²) in [5.74, 6) is 1.59. The number of nitrogens with one attached hydrogen (secondary N) is 2. The summed E-state index contributed by atoms with van der Waals surface area (Å²) in [6.45, 7) is 12.4. The van der Waals surface area contributed by atoms with Crippen LogP contribution >= 0.6 is 24.0 Å². The fourth-order valence-corrected chi connectivity index (χ4v) is 3.36. The van der Waals surface area contributed by atoms with Gasteiger partial charge in [0.15, 0.2) is 5.96 Å². The van der Waals surface area contributed by atoms with Crippen LogP contribution in [0.25, 0.3) is 0 Å². The molecule has 5 nitrogen and oxygen atoms in total. The molecule has 0 spiro atoms. The van der Waals surface area contributed by atoms with Crippen molar-refractivity contribution in [1.29, 1.82) is 0 Å². The third-order valence-corrected chi connectivity index (χ3v) is 5.78. The highest BCUT2D eigenvalue weighted by Crippen LogP contribution is 2.51. The minimum Gasteiger partial charge on any atom is -0.381 e. The topological polar surface area (TPSA) is 54.9 Å². The van der Waals surface area contributed by atoms with Crippen molar-refractivity contribution < 1.29 is 9.47 Å². The summed E-state index contributed by atoms with van der Waals surface area (Å²) in [5, 5.41) is 6.97. The Kier molecular flexibility index (Phi) is 8.07. The van der Waals surface area contributed by atoms with Gasteiger partial charge in [-0.25, -0.2) is 0 Å². The zero-order valence-electron chi connectivity index (χ0n) is 15.3. The van der Waals surface area contributed by atoms with Crippen LogP contribution in [0.2, 0.25) is 0 Å². The summed E-state index contributed by atoms with van der Waals surface area (Å²) in [6, 6.07) is 0.393. The molecule has 1 aliphatic heterocycles. The molecule has 2 fully saturated rings. The van der Waals surface area contributed by atoms with E-state index in [0.29, 0.717) is 12.0 Å². The van der Waals surface area contributed by atoms with E-state index >= 15 is 0 Å². The first-order valence-electron chi connectivity index (χ1n) is 8.60. The molecule has 2 N–H and O–H groups in total. The van der Waals surface area contributed by atoms with Crippen LogP contribution in [0.15, 0.2) is 4.99 Å². The molecule has 0 radical (unpaired) electrons. The summed E-state index contributed by atoms with van der Waals surface area (Å²) in [5.41, 5.74) is 0.0410. The van der Waals surface area contributed by atoms with Gasteiger partial charge in [0.2, 0.25) is 0 Å². The molecule has 1 saturated heterocycles. The van der Waals surface area contributed by atoms with E-state index in [1.165, 1.54) is 0 Å². The standard InChI is InChI=1S/C17H33N3O2.HI/c1-6-18-15(19-12-13-7-9-22-10-8-13)20-14-11-17(4,21-5)16(14,2)3;/h13-14H,6-12H2,1-5H3,(H2,18,19,20);1H. The first kappa shape index (κ1) is 21.0. The Bertz CT molecular complexity index is 397. The maximum absolute atomic E-state index is 5.70. The van der Waals surface area contributed by atoms with Crippen LogP contribution in [0.4, 0.5) is 0 Å². The van der Waals surface area contributed by atoms with Crippen LogP contribution in [-0.4, -0.2) is 51.0 Å². The lowest BCUT2D eigenvalue weighted by molar-refractivity contribution is -0.176. The van der Waals surface area contributed by atoms with E-state index in [-0.39, 0.29) is 35.0 Å². The van der Waals surface area contributed by atoms with Gasteiger partial charge in [-0.05, 0) is 39.0 Å². The SMILES string of the molecule is CCNC(=NCC1CCOCC1)NC1CC(C)(OC)C1(C)C.I. The van der Waals surface area contributed by atoms with Gasteiger partial charge in [-0.2, -0.15) is 0 Å². The van der Waals surface area contributed by atoms with Crippen molar-refractivity contribution in [3.05, 3.63) is 0 Å². The summed E-state index contributed by atoms with van der Waals surface area (Å²) < 4.78 is 11.1. The second-order valence-corrected chi connectivity index (χ2v) is 7.33. The molecule has 2 aliphatic rings. The molecule has 2 unspecified atom stereocenters. The van der Waals surface area contributed by atoms with E-state index in [1.54, 1.807) is 0 Å². The summed E-state index contributed by atoms with van der Waals surface area (Å²) in [7, 11) is 1.81. The number of nitrogens with zero attached hydrogens (tertiary/aromatic N) is 1. The molecule has 0 bridgehead atoms. The molecule has 0 aromatic heterocycles. The molecule has 2 atom stereocenters. The van der Waals surface area contributed by atoms with Crippen molar-refractivity contribution in [2.24, 2.45) is 16.3 Å². The van der Waals surface area contributed by atoms with Gasteiger partial charge in [-0.1, -0.05) is 13.8 Å². The van der Waals surface area contributed by atoms with Crippen molar-refractivity contribution in [2.75, 3.05) is 33.4 Å². The highest BCUT2D eigenvalue weighted by molar-refractivity contribution is 14.0. The van der Waals surface area contributed by atoms with E-state index in [1.807, 2.05) is 7.11 Å². The molecule has 0 aromatic carbocycles. The molecular formula is C17H34IN3O2. The van der Waals surface area contributed by atoms with Crippen LogP contribution in [0.1, 0.15) is 47.0 Å². The van der Waals surface area contributed by atoms with Gasteiger partial charge >= 0.3 is 0 Å². The number of hydrogen-bond acceptors (Lipinski definition) is 3. The molecule has 23 heavy (non-hydrogen) atoms. The Labute approximate surface area is 158 Å². The van der Waals surface area contributed by atoms with Gasteiger partial charge in [0.25, 0.3) is 0 Å². The van der Waals surface area contributed by atoms with E-state index in [0.717, 1.165) is 51.5 Å². The number of aliphatic imine (C=N–C) groups is 1. The van der Waals surface area contributed by atoms with Gasteiger partial charge in [-0.15, -0.1) is 24.0 Å². The lowest BCUT2D eigenvalue weighted by Crippen LogP contribution is -2.69. The number of ether oxygens (including phenoxy) is 2. The predicted molar refractivity (Wildman–Crippen MR) is 106 cm³/mol. The van der Waals surface area contributed by atoms with Gasteiger partial charge < -0.3 is 20.1 Å². The van der Waals surface area contributed by atoms with Gasteiger partial charge in [0.05, 0.1) is 5.60 Å². The second kappa shape index (κ2) is 8.85. The van der Waals surface area contributed by atoms with Crippen molar-refractivity contribution in [2.45, 2.75) is 58.6 Å². The van der Waals surface area contributed by atoms with Gasteiger partial charge in [-0.3, -0.25) is 4.99 Å². The second-order valence-electron chi connectivity index (χ2n) is 7.33. The van der Waals surface area contributed by atoms with E-state index in [2.05, 4.69) is 38.3 Å². The number of hydrogen-bond donors (Lipinski definition) is 2. The number of guanidine groups is 1. The molecule has 6 heteroatoms. The molecule has 0 amide bonds. The molecule has 0 aromatic rings. The van der Waals surface area contributed by atoms with Gasteiger partial charge in [0.1, 0.15) is 0 Å². The quantitative estimate of drug-likeness (QED) is 0.393. The van der Waals surface area contributed by atoms with E-state index in [9.17, 15) is 0 Å². The molecule has 1 saturated carbocycles. The molecule has 1 heterocycles. The normalized spacial score (nSPS) is 31.0. The lowest BCUT2D eigenvalue weighted by atomic mass is 9.56. The lowest BCUT2D eigenvalue weighted by Gasteiger charge is -2.59. The highest BCUT2D eigenvalue weighted by atomic mass is 127. The minimum absolute atomic E-state index is 0. The van der Waals surface area contributed by atoms with Crippen LogP contribution in [-0.2, 0) is 9.47 Å². The van der Waals surface area contributed by atoms with E-state index in [4.69, 9.17) is 14.5 Å². The Hall–Kier alpha value is -0.0800. The molecular weight excluding hydrogens is 405 g/mol. The summed E-state index contributed by atoms with van der Waals surface area (Å²) in [4.78, 5) is 4.80. The monoisotopic (exact) mass is 439 g/mol. The zero-order chi connectivity index (χ0) is 16.2. The Balaban J connectivity index is 0.00000264. The largest absolute Gasteiger partial charge is 0.381 e. The Morgan fingerprint density at radius 2 is 1.91 bits per heavy atom. The van der Waals surface area contributed by atoms with Crippen LogP contribution < -0.4 is 10.6 Å². The van der Waals surface area contributed by atoms with E-state index < -0.39 is 0 Å². The third-order valence-electron chi connectivity index (χ3n) is 5.78. The van der Waals surface area contributed by atoms with Crippen LogP contribution in [0.3, 0.4) is 0 Å². The molecule has 2 rings (SSSR count). The minimum atomic E-state index is -0.0529. The number of halogens is 1. The number of methoxy groups -OCH3 is 1. The average Bonchev–Trinajstić information content (AvgIpc) is 2.52. The molecule has 1 aliphatic carbocycles. The van der Waals surface area contributed by atoms with Crippen molar-refractivity contribution in [1.82, 2.24) is 10.6 Å². The maximum Gasteiger partial charge on any atom is 0.191 e. The molecule has 136 valence electrons. The van der Waals surface area contributed by atoms with Gasteiger partial charge in [0, 0.05) is 44.9 Å². The first-order chi connectivity index (χ1) is 10.4. The Morgan fingerprint density at radius 1 is 1.26 bits per heavy atom. The Morgan fingerprint density at radius 3 is 2.43 bits per heavy atom. The maximum atomic E-state index is 5.70. The third kappa shape index (κ3) is 4.72. The predicted octanol–water partition coefficient (Wildman–Crippen LogP) is 2.79. The summed E-state index contributed by atoms with van der Waals surface area (Å²) in [6.07, 6.45) is 3.26. The summed E-state index contributed by atoms with van der Waals surface area (Å²) >= 11 is 0. The van der Waals surface area contributed by atoms with Crippen molar-refractivity contribution in [3.8, 4) is 0 Å². The highest BCUT2D eigenvalue weighted by Gasteiger charge is 2.58. The number of rotatable bonds is 5. The fourth-order valence-electron chi connectivity index (χ4n) is 3.36. The fraction of sp³-hybridized carbons (Fsp3) is 0.941. The van der Waals surface area contributed by atoms with Crippen molar-refractivity contribution in [3.63, 3.8) is 0 Å².